The minimum absolute atomic E-state index is 0.00734. The fourth-order valence-corrected chi connectivity index (χ4v) is 9.92. The molecular weight excluding hydrogens is 799 g/mol. The number of benzene rings is 1. The molecule has 3 N–H and O–H groups in total. The zero-order valence-electron chi connectivity index (χ0n) is 35.5. The molecule has 4 aromatic heterocycles. The van der Waals surface area contributed by atoms with Gasteiger partial charge in [0.25, 0.3) is 12.3 Å². The first-order valence-electron chi connectivity index (χ1n) is 22.5. The number of hydrogen-bond donors (Lipinski definition) is 3. The highest BCUT2D eigenvalue weighted by molar-refractivity contribution is 6.08. The number of rotatable bonds is 14. The van der Waals surface area contributed by atoms with Crippen LogP contribution in [0.4, 0.5) is 20.3 Å². The Morgan fingerprint density at radius 2 is 1.77 bits per heavy atom. The Bertz CT molecular complexity index is 2420. The molecule has 3 saturated heterocycles. The maximum atomic E-state index is 14.3. The van der Waals surface area contributed by atoms with Gasteiger partial charge >= 0.3 is 5.69 Å². The molecule has 5 aromatic rings. The fraction of sp³-hybridized carbons (Fsp3) is 0.591. The summed E-state index contributed by atoms with van der Waals surface area (Å²) in [4.78, 5) is 48.5. The molecular formula is C44H58F2N12O4. The third kappa shape index (κ3) is 8.99. The molecule has 0 bridgehead atoms. The van der Waals surface area contributed by atoms with E-state index in [1.165, 1.54) is 10.7 Å². The molecule has 9 rings (SSSR count). The van der Waals surface area contributed by atoms with Crippen molar-refractivity contribution in [3.05, 3.63) is 70.2 Å². The summed E-state index contributed by atoms with van der Waals surface area (Å²) in [5, 5.41) is 17.5. The van der Waals surface area contributed by atoms with Gasteiger partial charge in [-0.05, 0) is 113 Å². The van der Waals surface area contributed by atoms with Gasteiger partial charge in [0.15, 0.2) is 11.3 Å². The Balaban J connectivity index is 0.702. The van der Waals surface area contributed by atoms with E-state index in [0.717, 1.165) is 133 Å². The van der Waals surface area contributed by atoms with Crippen molar-refractivity contribution in [3.63, 3.8) is 0 Å². The second kappa shape index (κ2) is 18.6. The Hall–Kier alpha value is -5.20. The van der Waals surface area contributed by atoms with Crippen LogP contribution in [0.15, 0.2) is 47.7 Å². The van der Waals surface area contributed by atoms with Crippen molar-refractivity contribution in [1.82, 2.24) is 49.0 Å². The normalized spacial score (nSPS) is 21.9. The van der Waals surface area contributed by atoms with Crippen LogP contribution < -0.4 is 26.5 Å². The van der Waals surface area contributed by atoms with Crippen LogP contribution in [0.3, 0.4) is 0 Å². The van der Waals surface area contributed by atoms with Crippen LogP contribution in [0.5, 0.6) is 0 Å². The summed E-state index contributed by atoms with van der Waals surface area (Å²) in [6.07, 6.45) is 11.1. The Labute approximate surface area is 359 Å². The van der Waals surface area contributed by atoms with Gasteiger partial charge in [0.2, 0.25) is 5.91 Å². The molecule has 62 heavy (non-hydrogen) atoms. The number of hydrogen-bond acceptors (Lipinski definition) is 10. The molecule has 4 fully saturated rings. The highest BCUT2D eigenvalue weighted by Gasteiger charge is 2.31. The van der Waals surface area contributed by atoms with Crippen molar-refractivity contribution in [2.45, 2.75) is 82.7 Å². The van der Waals surface area contributed by atoms with Gasteiger partial charge in [-0.3, -0.25) is 23.4 Å². The summed E-state index contributed by atoms with van der Waals surface area (Å²) < 4.78 is 41.1. The number of carbonyl (C=O) groups excluding carboxylic acids is 2. The van der Waals surface area contributed by atoms with Crippen molar-refractivity contribution < 1.29 is 23.1 Å². The number of amides is 2. The second-order valence-corrected chi connectivity index (χ2v) is 17.6. The standard InChI is InChI=1S/C44H58F2N12O4/c1-53-37-24-29(8-11-35(37)58(44(53)61)36-5-2-15-48-43(36)60)4-3-23-62-28-31-12-18-54(19-13-31)26-30-6-9-32(10-7-30)57-27-34(39(52-57)40(45)46)50-42(59)33-25-49-56-20-14-38(51-41(33)56)55-21-16-47-17-22-55/h8,11,14,20,24-25,27,30-32,36,40,47H,2-7,9-10,12-13,15-19,21-23,26,28H2,1H3,(H,48,60)(H,50,59). The van der Waals surface area contributed by atoms with Crippen LogP contribution in [0.1, 0.15) is 97.9 Å². The van der Waals surface area contributed by atoms with Crippen LogP contribution in [0, 0.1) is 11.8 Å². The van der Waals surface area contributed by atoms with E-state index in [0.29, 0.717) is 37.1 Å². The number of likely N-dealkylation sites (tertiary alicyclic amines) is 1. The predicted octanol–water partition coefficient (Wildman–Crippen LogP) is 4.72. The van der Waals surface area contributed by atoms with Gasteiger partial charge in [-0.15, -0.1) is 0 Å². The van der Waals surface area contributed by atoms with Crippen LogP contribution in [0.2, 0.25) is 0 Å². The molecule has 1 unspecified atom stereocenters. The molecule has 18 heteroatoms. The van der Waals surface area contributed by atoms with E-state index in [1.54, 1.807) is 33.3 Å². The number of nitrogens with one attached hydrogen (secondary N) is 3. The number of aryl methyl sites for hydroxylation is 2. The minimum atomic E-state index is -2.84. The van der Waals surface area contributed by atoms with E-state index in [1.807, 2.05) is 12.1 Å². The van der Waals surface area contributed by atoms with Crippen molar-refractivity contribution in [2.24, 2.45) is 18.9 Å². The molecule has 0 spiro atoms. The monoisotopic (exact) mass is 856 g/mol. The van der Waals surface area contributed by atoms with Gasteiger partial charge in [0, 0.05) is 71.9 Å². The Morgan fingerprint density at radius 1 is 0.968 bits per heavy atom. The number of ether oxygens (including phenoxy) is 1. The zero-order valence-corrected chi connectivity index (χ0v) is 35.5. The van der Waals surface area contributed by atoms with Crippen molar-refractivity contribution in [3.8, 4) is 0 Å². The van der Waals surface area contributed by atoms with Gasteiger partial charge in [-0.2, -0.15) is 10.2 Å². The number of piperazine rings is 1. The molecule has 332 valence electrons. The first-order chi connectivity index (χ1) is 30.2. The van der Waals surface area contributed by atoms with Gasteiger partial charge < -0.3 is 30.5 Å². The van der Waals surface area contributed by atoms with Crippen LogP contribution >= 0.6 is 0 Å². The summed E-state index contributed by atoms with van der Waals surface area (Å²) in [5.41, 5.74) is 2.82. The maximum Gasteiger partial charge on any atom is 0.329 e. The van der Waals surface area contributed by atoms with Crippen LogP contribution in [-0.4, -0.2) is 116 Å². The highest BCUT2D eigenvalue weighted by Crippen LogP contribution is 2.36. The summed E-state index contributed by atoms with van der Waals surface area (Å²) in [6, 6.07) is 7.50. The van der Waals surface area contributed by atoms with E-state index in [4.69, 9.17) is 9.72 Å². The summed E-state index contributed by atoms with van der Waals surface area (Å²) in [7, 11) is 1.77. The average Bonchev–Trinajstić information content (AvgIpc) is 3.99. The molecule has 1 saturated carbocycles. The molecule has 4 aliphatic rings. The number of nitrogens with zero attached hydrogens (tertiary/aromatic N) is 9. The molecule has 1 aromatic carbocycles. The maximum absolute atomic E-state index is 14.3. The Kier molecular flexibility index (Phi) is 12.7. The molecule has 1 aliphatic carbocycles. The number of imidazole rings is 1. The quantitative estimate of drug-likeness (QED) is 0.133. The second-order valence-electron chi connectivity index (χ2n) is 17.6. The lowest BCUT2D eigenvalue weighted by Gasteiger charge is -2.36. The van der Waals surface area contributed by atoms with Crippen LogP contribution in [0.25, 0.3) is 16.7 Å². The number of fused-ring (bicyclic) bond motifs is 2. The summed E-state index contributed by atoms with van der Waals surface area (Å²) in [5.74, 6) is 1.20. The topological polar surface area (TPSA) is 161 Å². The molecule has 16 nitrogen and oxygen atoms in total. The molecule has 0 radical (unpaired) electrons. The van der Waals surface area contributed by atoms with E-state index in [9.17, 15) is 23.2 Å². The van der Waals surface area contributed by atoms with Gasteiger partial charge in [-0.25, -0.2) is 23.1 Å². The number of aromatic nitrogens is 7. The third-order valence-corrected chi connectivity index (χ3v) is 13.5. The smallest absolute Gasteiger partial charge is 0.329 e. The largest absolute Gasteiger partial charge is 0.381 e. The molecule has 1 atom stereocenters. The first kappa shape index (κ1) is 42.1. The van der Waals surface area contributed by atoms with Crippen molar-refractivity contribution in [2.75, 3.05) is 75.8 Å². The van der Waals surface area contributed by atoms with E-state index >= 15 is 0 Å². The summed E-state index contributed by atoms with van der Waals surface area (Å²) >= 11 is 0. The molecule has 7 heterocycles. The number of carbonyl (C=O) groups is 2. The molecule has 2 amide bonds. The third-order valence-electron chi connectivity index (χ3n) is 13.5. The fourth-order valence-electron chi connectivity index (χ4n) is 9.92. The minimum Gasteiger partial charge on any atom is -0.381 e. The van der Waals surface area contributed by atoms with E-state index in [2.05, 4.69) is 48.1 Å². The Morgan fingerprint density at radius 3 is 2.55 bits per heavy atom. The lowest BCUT2D eigenvalue weighted by atomic mass is 9.85. The number of anilines is 2. The number of halogens is 2. The van der Waals surface area contributed by atoms with Crippen LogP contribution in [-0.2, 0) is 23.0 Å². The zero-order chi connectivity index (χ0) is 42.7. The first-order valence-corrected chi connectivity index (χ1v) is 22.5. The average molecular weight is 857 g/mol. The molecule has 3 aliphatic heterocycles. The van der Waals surface area contributed by atoms with E-state index < -0.39 is 24.1 Å². The van der Waals surface area contributed by atoms with E-state index in [-0.39, 0.29) is 28.9 Å². The number of alkyl halides is 2. The van der Waals surface area contributed by atoms with Gasteiger partial charge in [0.05, 0.1) is 29.0 Å². The lowest BCUT2D eigenvalue weighted by molar-refractivity contribution is -0.125. The SMILES string of the molecule is Cn1c(=O)n(C2CCCNC2=O)c2ccc(CCCOCC3CCN(CC4CCC(n5cc(NC(=O)c6cnn7ccc(N8CCNCC8)nc67)c(C(F)F)n5)CC4)CC3)cc21. The summed E-state index contributed by atoms with van der Waals surface area (Å²) in [6.45, 7) is 8.52. The van der Waals surface area contributed by atoms with Crippen molar-refractivity contribution >= 4 is 40.0 Å². The van der Waals surface area contributed by atoms with Gasteiger partial charge in [0.1, 0.15) is 17.4 Å². The predicted molar refractivity (Wildman–Crippen MR) is 231 cm³/mol. The van der Waals surface area contributed by atoms with Gasteiger partial charge in [-0.1, -0.05) is 6.07 Å². The number of piperidine rings is 2. The highest BCUT2D eigenvalue weighted by atomic mass is 19.3. The lowest BCUT2D eigenvalue weighted by Crippen LogP contribution is -2.43. The van der Waals surface area contributed by atoms with Crippen molar-refractivity contribution in [1.29, 1.82) is 0 Å².